The van der Waals surface area contributed by atoms with E-state index < -0.39 is 0 Å². The second kappa shape index (κ2) is 6.76. The van der Waals surface area contributed by atoms with Crippen LogP contribution >= 0.6 is 11.6 Å². The van der Waals surface area contributed by atoms with Crippen molar-refractivity contribution in [3.8, 4) is 0 Å². The molecular weight excluding hydrogens is 290 g/mol. The highest BCUT2D eigenvalue weighted by atomic mass is 35.5. The van der Waals surface area contributed by atoms with Crippen molar-refractivity contribution in [2.45, 2.75) is 46.8 Å². The van der Waals surface area contributed by atoms with Crippen LogP contribution in [0.2, 0.25) is 5.02 Å². The van der Waals surface area contributed by atoms with E-state index in [-0.39, 0.29) is 5.91 Å². The number of aryl methyl sites for hydroxylation is 3. The van der Waals surface area contributed by atoms with Crippen LogP contribution in [0, 0.1) is 13.8 Å². The number of aromatic nitrogens is 4. The lowest BCUT2D eigenvalue weighted by Gasteiger charge is -2.06. The molecule has 0 saturated heterocycles. The molecule has 0 aliphatic carbocycles. The Kier molecular flexibility index (Phi) is 5.01. The standard InChI is InChI=1S/C14H20ClN5O/c1-4-20-11(3)12(8-17-20)7-16-14(21)5-6-19-9-13(15)10(2)18-19/h8-9H,4-7H2,1-3H3,(H,16,21). The van der Waals surface area contributed by atoms with Crippen LogP contribution in [0.3, 0.4) is 0 Å². The van der Waals surface area contributed by atoms with Crippen LogP contribution in [-0.4, -0.2) is 25.5 Å². The largest absolute Gasteiger partial charge is 0.352 e. The zero-order valence-electron chi connectivity index (χ0n) is 12.6. The number of nitrogens with zero attached hydrogens (tertiary/aromatic N) is 4. The Bertz CT molecular complexity index is 612. The smallest absolute Gasteiger partial charge is 0.222 e. The molecule has 0 saturated carbocycles. The molecule has 1 amide bonds. The first-order chi connectivity index (χ1) is 10.0. The van der Waals surface area contributed by atoms with E-state index in [4.69, 9.17) is 11.6 Å². The summed E-state index contributed by atoms with van der Waals surface area (Å²) < 4.78 is 3.60. The van der Waals surface area contributed by atoms with Crippen molar-refractivity contribution in [3.63, 3.8) is 0 Å². The predicted molar refractivity (Wildman–Crippen MR) is 81.1 cm³/mol. The molecule has 0 aliphatic rings. The topological polar surface area (TPSA) is 64.7 Å². The lowest BCUT2D eigenvalue weighted by Crippen LogP contribution is -2.24. The van der Waals surface area contributed by atoms with Crippen molar-refractivity contribution in [1.82, 2.24) is 24.9 Å². The molecule has 2 rings (SSSR count). The average molecular weight is 310 g/mol. The second-order valence-corrected chi connectivity index (χ2v) is 5.33. The first-order valence-corrected chi connectivity index (χ1v) is 7.36. The third-order valence-corrected chi connectivity index (χ3v) is 3.81. The lowest BCUT2D eigenvalue weighted by atomic mass is 10.2. The molecule has 2 aromatic heterocycles. The van der Waals surface area contributed by atoms with Gasteiger partial charge in [0.15, 0.2) is 0 Å². The van der Waals surface area contributed by atoms with Crippen LogP contribution in [0.1, 0.15) is 30.3 Å². The second-order valence-electron chi connectivity index (χ2n) is 4.92. The van der Waals surface area contributed by atoms with Gasteiger partial charge in [0.25, 0.3) is 0 Å². The van der Waals surface area contributed by atoms with Crippen LogP contribution in [0.5, 0.6) is 0 Å². The van der Waals surface area contributed by atoms with E-state index in [0.29, 0.717) is 24.5 Å². The highest BCUT2D eigenvalue weighted by Gasteiger charge is 2.08. The van der Waals surface area contributed by atoms with E-state index >= 15 is 0 Å². The van der Waals surface area contributed by atoms with Crippen molar-refractivity contribution in [3.05, 3.63) is 34.4 Å². The zero-order chi connectivity index (χ0) is 15.4. The molecule has 0 unspecified atom stereocenters. The summed E-state index contributed by atoms with van der Waals surface area (Å²) in [7, 11) is 0. The number of carbonyl (C=O) groups excluding carboxylic acids is 1. The first kappa shape index (κ1) is 15.6. The van der Waals surface area contributed by atoms with Crippen molar-refractivity contribution in [1.29, 1.82) is 0 Å². The van der Waals surface area contributed by atoms with Gasteiger partial charge in [-0.25, -0.2) is 0 Å². The Morgan fingerprint density at radius 3 is 2.76 bits per heavy atom. The molecule has 0 spiro atoms. The molecular formula is C14H20ClN5O. The molecule has 0 aromatic carbocycles. The van der Waals surface area contributed by atoms with Crippen LogP contribution < -0.4 is 5.32 Å². The summed E-state index contributed by atoms with van der Waals surface area (Å²) in [6, 6.07) is 0. The highest BCUT2D eigenvalue weighted by Crippen LogP contribution is 2.12. The summed E-state index contributed by atoms with van der Waals surface area (Å²) >= 11 is 5.93. The van der Waals surface area contributed by atoms with Gasteiger partial charge in [0.1, 0.15) is 0 Å². The van der Waals surface area contributed by atoms with Crippen molar-refractivity contribution in [2.24, 2.45) is 0 Å². The fourth-order valence-corrected chi connectivity index (χ4v) is 2.23. The molecule has 21 heavy (non-hydrogen) atoms. The summed E-state index contributed by atoms with van der Waals surface area (Å²) in [6.07, 6.45) is 3.91. The molecule has 2 aromatic rings. The van der Waals surface area contributed by atoms with Gasteiger partial charge >= 0.3 is 0 Å². The Balaban J connectivity index is 1.80. The van der Waals surface area contributed by atoms with Gasteiger partial charge in [0.2, 0.25) is 5.91 Å². The van der Waals surface area contributed by atoms with Gasteiger partial charge in [-0.1, -0.05) is 11.6 Å². The van der Waals surface area contributed by atoms with Crippen LogP contribution in [0.15, 0.2) is 12.4 Å². The van der Waals surface area contributed by atoms with Gasteiger partial charge in [0, 0.05) is 43.5 Å². The molecule has 2 heterocycles. The molecule has 0 bridgehead atoms. The number of rotatable bonds is 6. The van der Waals surface area contributed by atoms with Crippen LogP contribution in [-0.2, 0) is 24.4 Å². The van der Waals surface area contributed by atoms with Crippen LogP contribution in [0.25, 0.3) is 0 Å². The predicted octanol–water partition coefficient (Wildman–Crippen LogP) is 2.08. The van der Waals surface area contributed by atoms with Gasteiger partial charge < -0.3 is 5.32 Å². The monoisotopic (exact) mass is 309 g/mol. The quantitative estimate of drug-likeness (QED) is 0.888. The third kappa shape index (κ3) is 3.85. The number of hydrogen-bond donors (Lipinski definition) is 1. The van der Waals surface area contributed by atoms with Gasteiger partial charge in [0.05, 0.1) is 16.9 Å². The maximum absolute atomic E-state index is 11.9. The van der Waals surface area contributed by atoms with Gasteiger partial charge in [-0.15, -0.1) is 0 Å². The minimum atomic E-state index is -0.0112. The lowest BCUT2D eigenvalue weighted by molar-refractivity contribution is -0.121. The Hall–Kier alpha value is -1.82. The van der Waals surface area contributed by atoms with Crippen LogP contribution in [0.4, 0.5) is 0 Å². The minimum Gasteiger partial charge on any atom is -0.352 e. The number of hydrogen-bond acceptors (Lipinski definition) is 3. The molecule has 114 valence electrons. The number of carbonyl (C=O) groups is 1. The maximum atomic E-state index is 11.9. The average Bonchev–Trinajstić information content (AvgIpc) is 2.97. The van der Waals surface area contributed by atoms with E-state index in [9.17, 15) is 4.79 Å². The van der Waals surface area contributed by atoms with Gasteiger partial charge in [-0.2, -0.15) is 10.2 Å². The first-order valence-electron chi connectivity index (χ1n) is 6.98. The van der Waals surface area contributed by atoms with E-state index in [2.05, 4.69) is 15.5 Å². The van der Waals surface area contributed by atoms with E-state index in [0.717, 1.165) is 23.5 Å². The minimum absolute atomic E-state index is 0.0112. The van der Waals surface area contributed by atoms with E-state index in [1.165, 1.54) is 0 Å². The van der Waals surface area contributed by atoms with E-state index in [1.54, 1.807) is 17.1 Å². The molecule has 7 heteroatoms. The molecule has 0 aliphatic heterocycles. The summed E-state index contributed by atoms with van der Waals surface area (Å²) in [6.45, 7) is 7.74. The summed E-state index contributed by atoms with van der Waals surface area (Å²) in [4.78, 5) is 11.9. The molecule has 0 fully saturated rings. The fourth-order valence-electron chi connectivity index (χ4n) is 2.08. The Labute approximate surface area is 129 Å². The number of halogens is 1. The molecule has 0 atom stereocenters. The van der Waals surface area contributed by atoms with Crippen molar-refractivity contribution >= 4 is 17.5 Å². The van der Waals surface area contributed by atoms with E-state index in [1.807, 2.05) is 25.5 Å². The molecule has 0 radical (unpaired) electrons. The van der Waals surface area contributed by atoms with Gasteiger partial charge in [-0.05, 0) is 20.8 Å². The highest BCUT2D eigenvalue weighted by molar-refractivity contribution is 6.31. The van der Waals surface area contributed by atoms with Gasteiger partial charge in [-0.3, -0.25) is 14.2 Å². The summed E-state index contributed by atoms with van der Waals surface area (Å²) in [5, 5.41) is 12.0. The number of amides is 1. The number of nitrogens with one attached hydrogen (secondary N) is 1. The Morgan fingerprint density at radius 1 is 1.43 bits per heavy atom. The fraction of sp³-hybridized carbons (Fsp3) is 0.500. The third-order valence-electron chi connectivity index (χ3n) is 3.43. The Morgan fingerprint density at radius 2 is 2.19 bits per heavy atom. The normalized spacial score (nSPS) is 10.9. The maximum Gasteiger partial charge on any atom is 0.222 e. The summed E-state index contributed by atoms with van der Waals surface area (Å²) in [5.74, 6) is -0.0112. The molecule has 6 nitrogen and oxygen atoms in total. The zero-order valence-corrected chi connectivity index (χ0v) is 13.3. The summed E-state index contributed by atoms with van der Waals surface area (Å²) in [5.41, 5.74) is 2.91. The van der Waals surface area contributed by atoms with Crippen molar-refractivity contribution in [2.75, 3.05) is 0 Å². The SMILES string of the molecule is CCn1ncc(CNC(=O)CCn2cc(Cl)c(C)n2)c1C. The van der Waals surface area contributed by atoms with Crippen molar-refractivity contribution < 1.29 is 4.79 Å². The molecule has 1 N–H and O–H groups in total.